The van der Waals surface area contributed by atoms with Gasteiger partial charge in [0.1, 0.15) is 63.7 Å². The summed E-state index contributed by atoms with van der Waals surface area (Å²) < 4.78 is 42.5. The van der Waals surface area contributed by atoms with E-state index in [2.05, 4.69) is 61.7 Å². The Morgan fingerprint density at radius 1 is 0.477 bits per heavy atom. The zero-order valence-corrected chi connectivity index (χ0v) is 37.5. The molecule has 0 N–H and O–H groups in total. The van der Waals surface area contributed by atoms with E-state index >= 15 is 0 Å². The van der Waals surface area contributed by atoms with Gasteiger partial charge in [-0.1, -0.05) is 64.1 Å². The molecule has 0 saturated carbocycles. The van der Waals surface area contributed by atoms with Gasteiger partial charge in [-0.25, -0.2) is 9.69 Å². The average molecular weight is 863 g/mol. The van der Waals surface area contributed by atoms with Gasteiger partial charge in [0.2, 0.25) is 0 Å². The SMILES string of the molecule is [C-]#[N+]c1c(OC)cccc1Oc1cc2c(cc1Oc1cccc(OC)c1[N+]#[C-])C1(CC(C)(C)c3cc(Cc4cccc(OC)c4C#N)c(Oc4cccc(OC)c4C#N)cc31)CC2(C)C. The third-order valence-corrected chi connectivity index (χ3v) is 12.7. The van der Waals surface area contributed by atoms with Crippen LogP contribution in [0.5, 0.6) is 57.5 Å². The summed E-state index contributed by atoms with van der Waals surface area (Å²) in [6.45, 7) is 25.0. The Bertz CT molecular complexity index is 2860. The lowest BCUT2D eigenvalue weighted by atomic mass is 9.72. The summed E-state index contributed by atoms with van der Waals surface area (Å²) in [6, 6.07) is 34.1. The lowest BCUT2D eigenvalue weighted by Gasteiger charge is -2.31. The van der Waals surface area contributed by atoms with Crippen molar-refractivity contribution in [3.8, 4) is 69.6 Å². The summed E-state index contributed by atoms with van der Waals surface area (Å²) in [6.07, 6.45) is 1.78. The summed E-state index contributed by atoms with van der Waals surface area (Å²) in [5.41, 5.74) is 5.60. The van der Waals surface area contributed by atoms with Gasteiger partial charge in [0.05, 0.1) is 47.1 Å². The minimum Gasteiger partial charge on any atom is -0.508 e. The van der Waals surface area contributed by atoms with Crippen molar-refractivity contribution in [3.05, 3.63) is 164 Å². The van der Waals surface area contributed by atoms with Crippen LogP contribution in [-0.2, 0) is 22.7 Å². The van der Waals surface area contributed by atoms with Crippen molar-refractivity contribution in [2.45, 2.75) is 63.2 Å². The summed E-state index contributed by atoms with van der Waals surface area (Å²) >= 11 is 0. The van der Waals surface area contributed by atoms with Crippen molar-refractivity contribution in [2.75, 3.05) is 28.4 Å². The van der Waals surface area contributed by atoms with Gasteiger partial charge in [-0.15, -0.1) is 0 Å². The first kappa shape index (κ1) is 43.5. The van der Waals surface area contributed by atoms with Crippen molar-refractivity contribution < 1.29 is 33.2 Å². The summed E-state index contributed by atoms with van der Waals surface area (Å²) in [5, 5.41) is 20.6. The second kappa shape index (κ2) is 16.9. The Labute approximate surface area is 379 Å². The number of ether oxygens (including phenoxy) is 7. The molecular weight excluding hydrogens is 817 g/mol. The molecule has 0 aromatic heterocycles. The van der Waals surface area contributed by atoms with Crippen LogP contribution in [0.25, 0.3) is 9.69 Å². The molecule has 6 aromatic rings. The number of nitriles is 2. The lowest BCUT2D eigenvalue weighted by Crippen LogP contribution is -2.27. The number of rotatable bonds is 12. The molecule has 2 aliphatic rings. The van der Waals surface area contributed by atoms with Crippen molar-refractivity contribution in [3.63, 3.8) is 0 Å². The molecular formula is C54H46N4O7. The highest BCUT2D eigenvalue weighted by molar-refractivity contribution is 5.72. The molecule has 0 saturated heterocycles. The normalized spacial score (nSPS) is 15.9. The van der Waals surface area contributed by atoms with E-state index in [4.69, 9.17) is 46.3 Å². The van der Waals surface area contributed by atoms with Crippen LogP contribution in [0, 0.1) is 35.8 Å². The maximum atomic E-state index is 10.3. The molecule has 2 aliphatic carbocycles. The van der Waals surface area contributed by atoms with E-state index < -0.39 is 10.8 Å². The number of methoxy groups -OCH3 is 4. The fourth-order valence-electron chi connectivity index (χ4n) is 9.95. The number of hydrogen-bond acceptors (Lipinski definition) is 9. The Balaban J connectivity index is 1.37. The highest BCUT2D eigenvalue weighted by atomic mass is 16.5. The molecule has 0 fully saturated rings. The van der Waals surface area contributed by atoms with Crippen molar-refractivity contribution in [1.82, 2.24) is 0 Å². The molecule has 11 nitrogen and oxygen atoms in total. The maximum Gasteiger partial charge on any atom is 0.269 e. The van der Waals surface area contributed by atoms with Crippen LogP contribution in [0.4, 0.5) is 11.4 Å². The van der Waals surface area contributed by atoms with Gasteiger partial charge in [-0.05, 0) is 118 Å². The highest BCUT2D eigenvalue weighted by Gasteiger charge is 2.57. The first-order chi connectivity index (χ1) is 31.3. The zero-order chi connectivity index (χ0) is 46.3. The quantitative estimate of drug-likeness (QED) is 0.111. The predicted molar refractivity (Wildman–Crippen MR) is 246 cm³/mol. The van der Waals surface area contributed by atoms with Gasteiger partial charge in [-0.3, -0.25) is 0 Å². The second-order valence-electron chi connectivity index (χ2n) is 17.4. The van der Waals surface area contributed by atoms with Crippen molar-refractivity contribution in [2.24, 2.45) is 0 Å². The molecule has 324 valence electrons. The van der Waals surface area contributed by atoms with Crippen LogP contribution in [0.15, 0.2) is 97.1 Å². The molecule has 0 amide bonds. The number of nitrogens with zero attached hydrogens (tertiary/aromatic N) is 4. The molecule has 1 spiro atoms. The molecule has 6 aromatic carbocycles. The van der Waals surface area contributed by atoms with E-state index in [-0.39, 0.29) is 33.9 Å². The van der Waals surface area contributed by atoms with Crippen molar-refractivity contribution in [1.29, 1.82) is 10.5 Å². The Hall–Kier alpha value is -8.12. The molecule has 0 heterocycles. The summed E-state index contributed by atoms with van der Waals surface area (Å²) in [4.78, 5) is 7.53. The van der Waals surface area contributed by atoms with Crippen LogP contribution < -0.4 is 33.2 Å². The lowest BCUT2D eigenvalue weighted by molar-refractivity contribution is 0.349. The molecule has 11 heteroatoms. The van der Waals surface area contributed by atoms with Gasteiger partial charge >= 0.3 is 0 Å². The van der Waals surface area contributed by atoms with Gasteiger partial charge in [-0.2, -0.15) is 10.5 Å². The van der Waals surface area contributed by atoms with E-state index in [0.717, 1.165) is 39.8 Å². The van der Waals surface area contributed by atoms with Crippen LogP contribution in [0.3, 0.4) is 0 Å². The predicted octanol–water partition coefficient (Wildman–Crippen LogP) is 13.2. The average Bonchev–Trinajstić information content (AvgIpc) is 3.66. The van der Waals surface area contributed by atoms with E-state index in [0.29, 0.717) is 64.4 Å². The van der Waals surface area contributed by atoms with Crippen LogP contribution in [-0.4, -0.2) is 28.4 Å². The van der Waals surface area contributed by atoms with Crippen LogP contribution in [0.2, 0.25) is 0 Å². The number of fused-ring (bicyclic) bond motifs is 4. The third kappa shape index (κ3) is 7.42. The number of hydrogen-bond donors (Lipinski definition) is 0. The molecule has 1 atom stereocenters. The minimum absolute atomic E-state index is 0.200. The summed E-state index contributed by atoms with van der Waals surface area (Å²) in [5.74, 6) is 3.73. The molecule has 8 rings (SSSR count). The summed E-state index contributed by atoms with van der Waals surface area (Å²) in [7, 11) is 6.09. The van der Waals surface area contributed by atoms with Crippen LogP contribution >= 0.6 is 0 Å². The zero-order valence-electron chi connectivity index (χ0n) is 37.5. The number of para-hydroxylation sites is 2. The first-order valence-corrected chi connectivity index (χ1v) is 20.9. The maximum absolute atomic E-state index is 10.3. The molecule has 0 bridgehead atoms. The molecule has 65 heavy (non-hydrogen) atoms. The topological polar surface area (TPSA) is 121 Å². The van der Waals surface area contributed by atoms with Gasteiger partial charge in [0.15, 0.2) is 11.5 Å². The first-order valence-electron chi connectivity index (χ1n) is 20.9. The van der Waals surface area contributed by atoms with Gasteiger partial charge < -0.3 is 33.2 Å². The fourth-order valence-corrected chi connectivity index (χ4v) is 9.95. The second-order valence-corrected chi connectivity index (χ2v) is 17.4. The molecule has 1 unspecified atom stereocenters. The van der Waals surface area contributed by atoms with Crippen molar-refractivity contribution >= 4 is 11.4 Å². The smallest absolute Gasteiger partial charge is 0.269 e. The van der Waals surface area contributed by atoms with E-state index in [1.54, 1.807) is 67.8 Å². The Morgan fingerprint density at radius 2 is 0.877 bits per heavy atom. The third-order valence-electron chi connectivity index (χ3n) is 12.7. The molecule has 0 aliphatic heterocycles. The Morgan fingerprint density at radius 3 is 1.37 bits per heavy atom. The van der Waals surface area contributed by atoms with Gasteiger partial charge in [0.25, 0.3) is 11.4 Å². The fraction of sp³-hybridized carbons (Fsp3) is 0.259. The largest absolute Gasteiger partial charge is 0.508 e. The Kier molecular flexibility index (Phi) is 11.3. The van der Waals surface area contributed by atoms with Crippen LogP contribution in [0.1, 0.15) is 85.0 Å². The van der Waals surface area contributed by atoms with E-state index in [1.807, 2.05) is 24.3 Å². The minimum atomic E-state index is -0.584. The standard InChI is InChI=1S/C54H46N4O7/c1-52(2)30-54(38-26-47(63-42-18-12-17-41(60-8)35(42)29-56)33(24-36(38)52)23-32-15-11-16-40(59-7)34(32)28-55)31-53(3,4)37-25-48(64-45-21-13-19-43(61-9)50(45)57-5)49(27-39(37)54)65-46-22-14-20-44(62-10)51(46)58-6/h11-22,24-27H,23,30-31H2,1-4,7-10H3. The van der Waals surface area contributed by atoms with E-state index in [1.165, 1.54) is 21.3 Å². The highest BCUT2D eigenvalue weighted by Crippen LogP contribution is 2.65. The number of benzene rings is 6. The monoisotopic (exact) mass is 862 g/mol. The van der Waals surface area contributed by atoms with Gasteiger partial charge in [0, 0.05) is 11.8 Å². The van der Waals surface area contributed by atoms with E-state index in [9.17, 15) is 10.5 Å². The molecule has 0 radical (unpaired) electrons.